The topological polar surface area (TPSA) is 68.0 Å². The highest BCUT2D eigenvalue weighted by molar-refractivity contribution is 5.88. The average Bonchev–Trinajstić information content (AvgIpc) is 3.19. The summed E-state index contributed by atoms with van der Waals surface area (Å²) in [5, 5.41) is 15.3. The van der Waals surface area contributed by atoms with Gasteiger partial charge < -0.3 is 5.11 Å². The molecule has 1 aromatic heterocycles. The zero-order chi connectivity index (χ0) is 16.7. The number of hydrogen-bond acceptors (Lipinski definition) is 4. The lowest BCUT2D eigenvalue weighted by atomic mass is 9.74. The molecule has 0 bridgehead atoms. The summed E-state index contributed by atoms with van der Waals surface area (Å²) in [6, 6.07) is 3.00. The molecule has 23 heavy (non-hydrogen) atoms. The molecular formula is C16H17F2N3O2. The van der Waals surface area contributed by atoms with Gasteiger partial charge >= 0.3 is 0 Å². The highest BCUT2D eigenvalue weighted by atomic mass is 19.1. The van der Waals surface area contributed by atoms with E-state index in [2.05, 4.69) is 10.1 Å². The summed E-state index contributed by atoms with van der Waals surface area (Å²) < 4.78 is 28.9. The molecule has 1 aromatic carbocycles. The molecule has 2 aromatic rings. The molecule has 0 spiro atoms. The lowest BCUT2D eigenvalue weighted by molar-refractivity contribution is -0.139. The van der Waals surface area contributed by atoms with Gasteiger partial charge in [0, 0.05) is 18.1 Å². The van der Waals surface area contributed by atoms with E-state index in [4.69, 9.17) is 0 Å². The number of aliphatic hydroxyl groups is 1. The number of Topliss-reactive ketones (excluding diaryl/α,β-unsaturated/α-hetero) is 1. The number of benzene rings is 1. The van der Waals surface area contributed by atoms with Gasteiger partial charge in [0.15, 0.2) is 0 Å². The molecule has 1 saturated carbocycles. The van der Waals surface area contributed by atoms with Crippen LogP contribution in [-0.4, -0.2) is 25.7 Å². The molecule has 1 aliphatic carbocycles. The summed E-state index contributed by atoms with van der Waals surface area (Å²) in [5.74, 6) is -1.74. The first-order valence-electron chi connectivity index (χ1n) is 7.46. The first-order valence-corrected chi connectivity index (χ1v) is 7.46. The predicted molar refractivity (Wildman–Crippen MR) is 77.2 cm³/mol. The van der Waals surface area contributed by atoms with Gasteiger partial charge in [-0.2, -0.15) is 5.10 Å². The summed E-state index contributed by atoms with van der Waals surface area (Å²) in [5.41, 5.74) is -2.95. The summed E-state index contributed by atoms with van der Waals surface area (Å²) in [6.07, 6.45) is 3.84. The fourth-order valence-electron chi connectivity index (χ4n) is 3.25. The number of carbonyl (C=O) groups excluding carboxylic acids is 1. The molecule has 1 N–H and O–H groups in total. The van der Waals surface area contributed by atoms with Crippen LogP contribution in [0.4, 0.5) is 8.78 Å². The van der Waals surface area contributed by atoms with Crippen LogP contribution in [0.2, 0.25) is 0 Å². The van der Waals surface area contributed by atoms with Gasteiger partial charge in [-0.15, -0.1) is 0 Å². The minimum absolute atomic E-state index is 0.0892. The quantitative estimate of drug-likeness (QED) is 0.886. The fraction of sp³-hybridized carbons (Fsp3) is 0.438. The summed E-state index contributed by atoms with van der Waals surface area (Å²) in [7, 11) is 0. The van der Waals surface area contributed by atoms with Gasteiger partial charge in [0.2, 0.25) is 0 Å². The van der Waals surface area contributed by atoms with Crippen molar-refractivity contribution < 1.29 is 18.7 Å². The SMILES string of the molecule is CCC(=O)C1(C(O)(Cn2cncn2)c2ccc(F)cc2F)CC1. The monoisotopic (exact) mass is 321 g/mol. The summed E-state index contributed by atoms with van der Waals surface area (Å²) in [4.78, 5) is 16.2. The van der Waals surface area contributed by atoms with Gasteiger partial charge in [-0.1, -0.05) is 13.0 Å². The number of carbonyl (C=O) groups is 1. The second-order valence-electron chi connectivity index (χ2n) is 5.94. The predicted octanol–water partition coefficient (Wildman–Crippen LogP) is 2.20. The minimum Gasteiger partial charge on any atom is -0.382 e. The van der Waals surface area contributed by atoms with Crippen LogP contribution >= 0.6 is 0 Å². The molecule has 1 aliphatic rings. The zero-order valence-electron chi connectivity index (χ0n) is 12.7. The smallest absolute Gasteiger partial charge is 0.142 e. The van der Waals surface area contributed by atoms with E-state index in [-0.39, 0.29) is 24.3 Å². The Morgan fingerprint density at radius 3 is 2.70 bits per heavy atom. The maximum atomic E-state index is 14.3. The Bertz CT molecular complexity index is 729. The van der Waals surface area contributed by atoms with Crippen LogP contribution in [0, 0.1) is 17.0 Å². The third kappa shape index (κ3) is 2.45. The van der Waals surface area contributed by atoms with E-state index in [9.17, 15) is 18.7 Å². The molecule has 0 saturated heterocycles. The van der Waals surface area contributed by atoms with Crippen molar-refractivity contribution in [2.24, 2.45) is 5.41 Å². The maximum Gasteiger partial charge on any atom is 0.142 e. The third-order valence-electron chi connectivity index (χ3n) is 4.63. The van der Waals surface area contributed by atoms with E-state index >= 15 is 0 Å². The van der Waals surface area contributed by atoms with Crippen molar-refractivity contribution in [2.75, 3.05) is 0 Å². The van der Waals surface area contributed by atoms with E-state index < -0.39 is 22.7 Å². The number of nitrogens with zero attached hydrogens (tertiary/aromatic N) is 3. The van der Waals surface area contributed by atoms with Crippen molar-refractivity contribution in [1.29, 1.82) is 0 Å². The van der Waals surface area contributed by atoms with Gasteiger partial charge in [0.25, 0.3) is 0 Å². The number of halogens is 2. The van der Waals surface area contributed by atoms with Gasteiger partial charge in [-0.05, 0) is 18.9 Å². The average molecular weight is 321 g/mol. The molecule has 5 nitrogen and oxygen atoms in total. The highest BCUT2D eigenvalue weighted by Crippen LogP contribution is 2.60. The van der Waals surface area contributed by atoms with Crippen LogP contribution in [0.1, 0.15) is 31.7 Å². The van der Waals surface area contributed by atoms with Crippen molar-refractivity contribution in [3.8, 4) is 0 Å². The minimum atomic E-state index is -1.80. The van der Waals surface area contributed by atoms with Gasteiger partial charge in [0.05, 0.1) is 12.0 Å². The molecule has 1 fully saturated rings. The Morgan fingerprint density at radius 1 is 1.43 bits per heavy atom. The van der Waals surface area contributed by atoms with E-state index in [1.807, 2.05) is 0 Å². The summed E-state index contributed by atoms with van der Waals surface area (Å²) >= 11 is 0. The molecule has 3 rings (SSSR count). The molecule has 1 heterocycles. The molecular weight excluding hydrogens is 304 g/mol. The number of aromatic nitrogens is 3. The molecule has 7 heteroatoms. The molecule has 1 atom stereocenters. The van der Waals surface area contributed by atoms with Crippen LogP contribution in [-0.2, 0) is 16.9 Å². The van der Waals surface area contributed by atoms with Crippen molar-refractivity contribution in [2.45, 2.75) is 38.3 Å². The Balaban J connectivity index is 2.12. The third-order valence-corrected chi connectivity index (χ3v) is 4.63. The Labute approximate surface area is 132 Å². The fourth-order valence-corrected chi connectivity index (χ4v) is 3.25. The van der Waals surface area contributed by atoms with Crippen LogP contribution in [0.5, 0.6) is 0 Å². The first-order chi connectivity index (χ1) is 10.9. The number of ketones is 1. The number of hydrogen-bond donors (Lipinski definition) is 1. The Kier molecular flexibility index (Phi) is 3.75. The lowest BCUT2D eigenvalue weighted by Gasteiger charge is -2.36. The van der Waals surface area contributed by atoms with Crippen molar-refractivity contribution >= 4 is 5.78 Å². The Hall–Kier alpha value is -2.15. The van der Waals surface area contributed by atoms with Crippen molar-refractivity contribution in [1.82, 2.24) is 14.8 Å². The van der Waals surface area contributed by atoms with Crippen molar-refractivity contribution in [3.63, 3.8) is 0 Å². The van der Waals surface area contributed by atoms with E-state index in [1.165, 1.54) is 23.4 Å². The molecule has 0 radical (unpaired) electrons. The van der Waals surface area contributed by atoms with Gasteiger partial charge in [-0.3, -0.25) is 4.79 Å². The van der Waals surface area contributed by atoms with E-state index in [0.29, 0.717) is 18.9 Å². The first kappa shape index (κ1) is 15.7. The second kappa shape index (κ2) is 5.49. The van der Waals surface area contributed by atoms with E-state index in [0.717, 1.165) is 6.07 Å². The van der Waals surface area contributed by atoms with Crippen LogP contribution in [0.25, 0.3) is 0 Å². The van der Waals surface area contributed by atoms with Crippen molar-refractivity contribution in [3.05, 3.63) is 48.1 Å². The van der Waals surface area contributed by atoms with Crippen LogP contribution in [0.15, 0.2) is 30.9 Å². The largest absolute Gasteiger partial charge is 0.382 e. The second-order valence-corrected chi connectivity index (χ2v) is 5.94. The molecule has 122 valence electrons. The molecule has 0 amide bonds. The number of rotatable bonds is 6. The maximum absolute atomic E-state index is 14.3. The molecule has 0 aliphatic heterocycles. The molecule has 1 unspecified atom stereocenters. The van der Waals surface area contributed by atoms with Gasteiger partial charge in [0.1, 0.15) is 35.7 Å². The highest BCUT2D eigenvalue weighted by Gasteiger charge is 2.64. The normalized spacial score (nSPS) is 18.4. The standard InChI is InChI=1S/C16H17F2N3O2/c1-2-14(22)15(5-6-15)16(23,8-21-10-19-9-20-21)12-4-3-11(17)7-13(12)18/h3-4,7,9-10,23H,2,5-6,8H2,1H3. The lowest BCUT2D eigenvalue weighted by Crippen LogP contribution is -2.46. The van der Waals surface area contributed by atoms with Gasteiger partial charge in [-0.25, -0.2) is 18.4 Å². The summed E-state index contributed by atoms with van der Waals surface area (Å²) in [6.45, 7) is 1.58. The zero-order valence-corrected chi connectivity index (χ0v) is 12.7. The van der Waals surface area contributed by atoms with E-state index in [1.54, 1.807) is 6.92 Å². The van der Waals surface area contributed by atoms with Crippen LogP contribution < -0.4 is 0 Å². The Morgan fingerprint density at radius 2 is 2.17 bits per heavy atom. The van der Waals surface area contributed by atoms with Crippen LogP contribution in [0.3, 0.4) is 0 Å².